The molecule has 0 aliphatic carbocycles. The van der Waals surface area contributed by atoms with Crippen LogP contribution >= 0.6 is 11.6 Å². The molecular formula is C20H21ClN4O2. The number of rotatable bonds is 5. The van der Waals surface area contributed by atoms with E-state index in [1.165, 1.54) is 0 Å². The number of halogens is 1. The predicted octanol–water partition coefficient (Wildman–Crippen LogP) is 3.26. The molecule has 2 aromatic carbocycles. The van der Waals surface area contributed by atoms with Gasteiger partial charge >= 0.3 is 0 Å². The lowest BCUT2D eigenvalue weighted by molar-refractivity contribution is -0.117. The van der Waals surface area contributed by atoms with Crippen molar-refractivity contribution in [1.29, 1.82) is 0 Å². The van der Waals surface area contributed by atoms with Crippen molar-refractivity contribution in [3.63, 3.8) is 0 Å². The van der Waals surface area contributed by atoms with Crippen LogP contribution in [-0.2, 0) is 11.3 Å². The van der Waals surface area contributed by atoms with Crippen LogP contribution in [0.5, 0.6) is 0 Å². The minimum Gasteiger partial charge on any atom is -0.325 e. The summed E-state index contributed by atoms with van der Waals surface area (Å²) in [6, 6.07) is 10.9. The van der Waals surface area contributed by atoms with E-state index in [2.05, 4.69) is 15.3 Å². The molecule has 1 aromatic heterocycles. The molecule has 0 saturated carbocycles. The molecular weight excluding hydrogens is 364 g/mol. The molecule has 0 unspecified atom stereocenters. The SMILES string of the molecule is Cc1ccc(C)c(NC(=O)CN(C)Cc2nc3cc(Cl)ccc3c(=O)[nH]2)c1. The Bertz CT molecular complexity index is 1060. The number of aromatic nitrogens is 2. The fourth-order valence-electron chi connectivity index (χ4n) is 2.85. The summed E-state index contributed by atoms with van der Waals surface area (Å²) >= 11 is 5.98. The lowest BCUT2D eigenvalue weighted by Crippen LogP contribution is -2.31. The van der Waals surface area contributed by atoms with E-state index in [9.17, 15) is 9.59 Å². The Morgan fingerprint density at radius 1 is 1.22 bits per heavy atom. The smallest absolute Gasteiger partial charge is 0.258 e. The summed E-state index contributed by atoms with van der Waals surface area (Å²) in [6.07, 6.45) is 0. The van der Waals surface area contributed by atoms with Crippen molar-refractivity contribution < 1.29 is 4.79 Å². The molecule has 2 N–H and O–H groups in total. The van der Waals surface area contributed by atoms with Crippen molar-refractivity contribution in [2.24, 2.45) is 0 Å². The molecule has 27 heavy (non-hydrogen) atoms. The first-order chi connectivity index (χ1) is 12.8. The molecule has 3 aromatic rings. The summed E-state index contributed by atoms with van der Waals surface area (Å²) in [7, 11) is 1.80. The van der Waals surface area contributed by atoms with Gasteiger partial charge in [-0.1, -0.05) is 23.7 Å². The summed E-state index contributed by atoms with van der Waals surface area (Å²) in [5, 5.41) is 3.93. The molecule has 7 heteroatoms. The number of aromatic amines is 1. The number of H-pyrrole nitrogens is 1. The number of nitrogens with one attached hydrogen (secondary N) is 2. The second-order valence-electron chi connectivity index (χ2n) is 6.71. The maximum Gasteiger partial charge on any atom is 0.258 e. The van der Waals surface area contributed by atoms with Crippen molar-refractivity contribution in [3.05, 3.63) is 68.7 Å². The van der Waals surface area contributed by atoms with Crippen LogP contribution in [0.2, 0.25) is 5.02 Å². The fourth-order valence-corrected chi connectivity index (χ4v) is 3.02. The number of amides is 1. The van der Waals surface area contributed by atoms with Crippen LogP contribution in [0, 0.1) is 13.8 Å². The highest BCUT2D eigenvalue weighted by atomic mass is 35.5. The molecule has 0 bridgehead atoms. The standard InChI is InChI=1S/C20H21ClN4O2/c1-12-4-5-13(2)16(8-12)23-19(26)11-25(3)10-18-22-17-9-14(21)6-7-15(17)20(27)24-18/h4-9H,10-11H2,1-3H3,(H,23,26)(H,22,24,27). The number of benzene rings is 2. The molecule has 0 radical (unpaired) electrons. The Balaban J connectivity index is 1.69. The molecule has 0 atom stereocenters. The monoisotopic (exact) mass is 384 g/mol. The van der Waals surface area contributed by atoms with Gasteiger partial charge in [0.2, 0.25) is 5.91 Å². The lowest BCUT2D eigenvalue weighted by Gasteiger charge is -2.16. The van der Waals surface area contributed by atoms with Crippen LogP contribution in [0.3, 0.4) is 0 Å². The first-order valence-corrected chi connectivity index (χ1v) is 8.94. The molecule has 0 aliphatic heterocycles. The van der Waals surface area contributed by atoms with Crippen molar-refractivity contribution in [2.45, 2.75) is 20.4 Å². The van der Waals surface area contributed by atoms with Crippen LogP contribution in [0.15, 0.2) is 41.2 Å². The van der Waals surface area contributed by atoms with Crippen molar-refractivity contribution in [1.82, 2.24) is 14.9 Å². The summed E-state index contributed by atoms with van der Waals surface area (Å²) < 4.78 is 0. The number of aryl methyl sites for hydroxylation is 2. The van der Waals surface area contributed by atoms with Gasteiger partial charge in [0, 0.05) is 10.7 Å². The molecule has 1 heterocycles. The van der Waals surface area contributed by atoms with Crippen molar-refractivity contribution >= 4 is 34.1 Å². The van der Waals surface area contributed by atoms with Gasteiger partial charge in [-0.25, -0.2) is 4.98 Å². The summed E-state index contributed by atoms with van der Waals surface area (Å²) in [5.41, 5.74) is 3.21. The Labute approximate surface area is 162 Å². The largest absolute Gasteiger partial charge is 0.325 e. The van der Waals surface area contributed by atoms with Gasteiger partial charge in [-0.2, -0.15) is 0 Å². The van der Waals surface area contributed by atoms with Crippen LogP contribution in [0.1, 0.15) is 17.0 Å². The summed E-state index contributed by atoms with van der Waals surface area (Å²) in [6.45, 7) is 4.44. The molecule has 6 nitrogen and oxygen atoms in total. The van der Waals surface area contributed by atoms with Gasteiger partial charge < -0.3 is 10.3 Å². The average Bonchev–Trinajstić information content (AvgIpc) is 2.57. The maximum atomic E-state index is 12.3. The molecule has 1 amide bonds. The number of carbonyl (C=O) groups is 1. The minimum absolute atomic E-state index is 0.127. The van der Waals surface area contributed by atoms with Crippen molar-refractivity contribution in [3.8, 4) is 0 Å². The van der Waals surface area contributed by atoms with Crippen LogP contribution < -0.4 is 10.9 Å². The molecule has 0 saturated heterocycles. The fraction of sp³-hybridized carbons (Fsp3) is 0.250. The van der Waals surface area contributed by atoms with E-state index in [1.807, 2.05) is 32.0 Å². The number of hydrogen-bond acceptors (Lipinski definition) is 4. The van der Waals surface area contributed by atoms with E-state index in [4.69, 9.17) is 11.6 Å². The van der Waals surface area contributed by atoms with E-state index in [0.29, 0.717) is 28.3 Å². The Morgan fingerprint density at radius 2 is 2.00 bits per heavy atom. The average molecular weight is 385 g/mol. The Kier molecular flexibility index (Phi) is 5.58. The lowest BCUT2D eigenvalue weighted by atomic mass is 10.1. The van der Waals surface area contributed by atoms with Gasteiger partial charge in [-0.15, -0.1) is 0 Å². The first-order valence-electron chi connectivity index (χ1n) is 8.56. The minimum atomic E-state index is -0.222. The first kappa shape index (κ1) is 19.1. The number of carbonyl (C=O) groups excluding carboxylic acids is 1. The zero-order valence-corrected chi connectivity index (χ0v) is 16.2. The Morgan fingerprint density at radius 3 is 2.78 bits per heavy atom. The highest BCUT2D eigenvalue weighted by Gasteiger charge is 2.11. The number of hydrogen-bond donors (Lipinski definition) is 2. The van der Waals surface area contributed by atoms with Crippen LogP contribution in [0.25, 0.3) is 10.9 Å². The summed E-state index contributed by atoms with van der Waals surface area (Å²) in [5.74, 6) is 0.356. The van der Waals surface area contributed by atoms with Gasteiger partial charge in [0.25, 0.3) is 5.56 Å². The second kappa shape index (κ2) is 7.90. The third-order valence-electron chi connectivity index (χ3n) is 4.22. The number of likely N-dealkylation sites (N-methyl/N-ethyl adjacent to an activating group) is 1. The molecule has 0 spiro atoms. The highest BCUT2D eigenvalue weighted by Crippen LogP contribution is 2.17. The van der Waals surface area contributed by atoms with Crippen molar-refractivity contribution in [2.75, 3.05) is 18.9 Å². The maximum absolute atomic E-state index is 12.3. The molecule has 140 valence electrons. The second-order valence-corrected chi connectivity index (χ2v) is 7.15. The molecule has 0 aliphatic rings. The summed E-state index contributed by atoms with van der Waals surface area (Å²) in [4.78, 5) is 33.5. The highest BCUT2D eigenvalue weighted by molar-refractivity contribution is 6.31. The Hall–Kier alpha value is -2.70. The topological polar surface area (TPSA) is 78.1 Å². The zero-order chi connectivity index (χ0) is 19.6. The predicted molar refractivity (Wildman–Crippen MR) is 108 cm³/mol. The number of anilines is 1. The van der Waals surface area contributed by atoms with Crippen LogP contribution in [-0.4, -0.2) is 34.4 Å². The van der Waals surface area contributed by atoms with E-state index in [1.54, 1.807) is 30.1 Å². The third kappa shape index (κ3) is 4.72. The van der Waals surface area contributed by atoms with Crippen LogP contribution in [0.4, 0.5) is 5.69 Å². The quantitative estimate of drug-likeness (QED) is 0.707. The zero-order valence-electron chi connectivity index (χ0n) is 15.5. The third-order valence-corrected chi connectivity index (χ3v) is 4.45. The van der Waals surface area contributed by atoms with E-state index in [0.717, 1.165) is 16.8 Å². The van der Waals surface area contributed by atoms with Gasteiger partial charge in [0.05, 0.1) is 24.0 Å². The molecule has 3 rings (SSSR count). The molecule has 0 fully saturated rings. The van der Waals surface area contributed by atoms with Gasteiger partial charge in [0.1, 0.15) is 5.82 Å². The van der Waals surface area contributed by atoms with Gasteiger partial charge in [-0.05, 0) is 56.3 Å². The van der Waals surface area contributed by atoms with Gasteiger partial charge in [-0.3, -0.25) is 14.5 Å². The van der Waals surface area contributed by atoms with E-state index in [-0.39, 0.29) is 18.0 Å². The van der Waals surface area contributed by atoms with Gasteiger partial charge in [0.15, 0.2) is 0 Å². The number of fused-ring (bicyclic) bond motifs is 1. The van der Waals surface area contributed by atoms with E-state index >= 15 is 0 Å². The van der Waals surface area contributed by atoms with E-state index < -0.39 is 0 Å². The number of nitrogens with zero attached hydrogens (tertiary/aromatic N) is 2. The normalized spacial score (nSPS) is 11.1.